The molecule has 3 rings (SSSR count). The molecule has 0 aliphatic heterocycles. The molecule has 1 heteroatoms. The summed E-state index contributed by atoms with van der Waals surface area (Å²) in [6.07, 6.45) is 9.33. The summed E-state index contributed by atoms with van der Waals surface area (Å²) < 4.78 is 5.18. The van der Waals surface area contributed by atoms with Crippen LogP contribution in [0.2, 0.25) is 0 Å². The predicted molar refractivity (Wildman–Crippen MR) is 52.1 cm³/mol. The van der Waals surface area contributed by atoms with Gasteiger partial charge in [-0.15, -0.1) is 0 Å². The van der Waals surface area contributed by atoms with E-state index in [1.165, 1.54) is 32.1 Å². The topological polar surface area (TPSA) is 9.23 Å². The molecule has 0 saturated heterocycles. The van der Waals surface area contributed by atoms with E-state index in [4.69, 9.17) is 4.74 Å². The Morgan fingerprint density at radius 1 is 1.23 bits per heavy atom. The molecule has 3 saturated carbocycles. The van der Waals surface area contributed by atoms with Gasteiger partial charge in [-0.3, -0.25) is 0 Å². The molecule has 0 amide bonds. The number of allylic oxidation sites excluding steroid dienone is 1. The van der Waals surface area contributed by atoms with Crippen LogP contribution in [-0.4, -0.2) is 7.11 Å². The lowest BCUT2D eigenvalue weighted by molar-refractivity contribution is 0.273. The fraction of sp³-hybridized carbons (Fsp3) is 0.833. The molecule has 4 atom stereocenters. The van der Waals surface area contributed by atoms with Crippen molar-refractivity contribution in [3.63, 3.8) is 0 Å². The van der Waals surface area contributed by atoms with Gasteiger partial charge in [0.1, 0.15) is 0 Å². The molecular formula is C12H18O. The summed E-state index contributed by atoms with van der Waals surface area (Å²) in [7, 11) is 1.79. The van der Waals surface area contributed by atoms with Gasteiger partial charge in [0.25, 0.3) is 0 Å². The van der Waals surface area contributed by atoms with E-state index in [2.05, 4.69) is 0 Å². The van der Waals surface area contributed by atoms with Crippen LogP contribution in [0.3, 0.4) is 0 Å². The lowest BCUT2D eigenvalue weighted by Crippen LogP contribution is -2.17. The molecule has 3 aliphatic carbocycles. The van der Waals surface area contributed by atoms with Crippen LogP contribution in [0.15, 0.2) is 11.8 Å². The van der Waals surface area contributed by atoms with E-state index in [1.807, 2.05) is 6.26 Å². The van der Waals surface area contributed by atoms with Crippen LogP contribution < -0.4 is 0 Å². The SMILES string of the molecule is CO/C=C1\CC[C@H]2[C@@H]3CC[C@@H](C3)[C@@H]12. The van der Waals surface area contributed by atoms with Gasteiger partial charge in [-0.05, 0) is 61.3 Å². The van der Waals surface area contributed by atoms with Crippen LogP contribution in [0.4, 0.5) is 0 Å². The quantitative estimate of drug-likeness (QED) is 0.561. The Labute approximate surface area is 80.2 Å². The molecule has 0 radical (unpaired) electrons. The van der Waals surface area contributed by atoms with Crippen LogP contribution >= 0.6 is 0 Å². The molecule has 3 fully saturated rings. The molecule has 0 aromatic carbocycles. The first-order valence-corrected chi connectivity index (χ1v) is 5.62. The normalized spacial score (nSPS) is 50.1. The van der Waals surface area contributed by atoms with Gasteiger partial charge in [-0.1, -0.05) is 0 Å². The molecule has 0 spiro atoms. The maximum absolute atomic E-state index is 5.18. The highest BCUT2D eigenvalue weighted by atomic mass is 16.5. The van der Waals surface area contributed by atoms with Gasteiger partial charge in [0.2, 0.25) is 0 Å². The van der Waals surface area contributed by atoms with E-state index in [9.17, 15) is 0 Å². The molecule has 0 aromatic rings. The molecular weight excluding hydrogens is 160 g/mol. The molecule has 2 bridgehead atoms. The summed E-state index contributed by atoms with van der Waals surface area (Å²) in [5, 5.41) is 0. The Bertz CT molecular complexity index is 244. The average molecular weight is 178 g/mol. The Kier molecular flexibility index (Phi) is 1.68. The maximum atomic E-state index is 5.18. The maximum Gasteiger partial charge on any atom is 0.0819 e. The summed E-state index contributed by atoms with van der Waals surface area (Å²) in [5.41, 5.74) is 1.62. The molecule has 0 N–H and O–H groups in total. The molecule has 0 unspecified atom stereocenters. The summed E-state index contributed by atoms with van der Waals surface area (Å²) in [6, 6.07) is 0. The van der Waals surface area contributed by atoms with Crippen LogP contribution in [0, 0.1) is 23.7 Å². The van der Waals surface area contributed by atoms with Gasteiger partial charge in [0, 0.05) is 0 Å². The van der Waals surface area contributed by atoms with Crippen molar-refractivity contribution in [2.45, 2.75) is 32.1 Å². The Morgan fingerprint density at radius 3 is 2.92 bits per heavy atom. The van der Waals surface area contributed by atoms with Crippen molar-refractivity contribution >= 4 is 0 Å². The van der Waals surface area contributed by atoms with E-state index in [1.54, 1.807) is 12.7 Å². The van der Waals surface area contributed by atoms with Crippen LogP contribution in [0.1, 0.15) is 32.1 Å². The zero-order valence-electron chi connectivity index (χ0n) is 8.33. The van der Waals surface area contributed by atoms with Gasteiger partial charge >= 0.3 is 0 Å². The van der Waals surface area contributed by atoms with Gasteiger partial charge in [-0.25, -0.2) is 0 Å². The first kappa shape index (κ1) is 7.90. The first-order chi connectivity index (χ1) is 6.40. The number of hydrogen-bond acceptors (Lipinski definition) is 1. The van der Waals surface area contributed by atoms with E-state index in [0.29, 0.717) is 0 Å². The standard InChI is InChI=1S/C12H18O/c1-13-7-10-4-5-11-8-2-3-9(6-8)12(10)11/h7-9,11-12H,2-6H2,1H3/b10-7+/t8-,9+,11+,12+/m1/s1. The molecule has 13 heavy (non-hydrogen) atoms. The highest BCUT2D eigenvalue weighted by Crippen LogP contribution is 2.60. The molecule has 0 aromatic heterocycles. The van der Waals surface area contributed by atoms with Gasteiger partial charge in [-0.2, -0.15) is 0 Å². The van der Waals surface area contributed by atoms with Crippen molar-refractivity contribution in [2.24, 2.45) is 23.7 Å². The zero-order chi connectivity index (χ0) is 8.84. The Hall–Kier alpha value is -0.460. The second kappa shape index (κ2) is 2.76. The Morgan fingerprint density at radius 2 is 2.08 bits per heavy atom. The third-order valence-corrected chi connectivity index (χ3v) is 4.55. The summed E-state index contributed by atoms with van der Waals surface area (Å²) in [6.45, 7) is 0. The highest BCUT2D eigenvalue weighted by molar-refractivity contribution is 5.19. The largest absolute Gasteiger partial charge is 0.504 e. The minimum atomic E-state index is 0.929. The second-order valence-electron chi connectivity index (χ2n) is 4.99. The molecule has 72 valence electrons. The zero-order valence-corrected chi connectivity index (χ0v) is 8.33. The lowest BCUT2D eigenvalue weighted by atomic mass is 9.80. The van der Waals surface area contributed by atoms with Gasteiger partial charge in [0.05, 0.1) is 13.4 Å². The second-order valence-corrected chi connectivity index (χ2v) is 4.99. The monoisotopic (exact) mass is 178 g/mol. The highest BCUT2D eigenvalue weighted by Gasteiger charge is 2.51. The van der Waals surface area contributed by atoms with Crippen molar-refractivity contribution in [1.82, 2.24) is 0 Å². The Balaban J connectivity index is 1.87. The van der Waals surface area contributed by atoms with Crippen molar-refractivity contribution in [2.75, 3.05) is 7.11 Å². The fourth-order valence-corrected chi connectivity index (χ4v) is 4.19. The van der Waals surface area contributed by atoms with E-state index < -0.39 is 0 Å². The summed E-state index contributed by atoms with van der Waals surface area (Å²) >= 11 is 0. The number of hydrogen-bond donors (Lipinski definition) is 0. The molecule has 1 nitrogen and oxygen atoms in total. The first-order valence-electron chi connectivity index (χ1n) is 5.62. The third-order valence-electron chi connectivity index (χ3n) is 4.55. The number of ether oxygens (including phenoxy) is 1. The van der Waals surface area contributed by atoms with Gasteiger partial charge in [0.15, 0.2) is 0 Å². The predicted octanol–water partition coefficient (Wildman–Crippen LogP) is 2.97. The van der Waals surface area contributed by atoms with Crippen LogP contribution in [-0.2, 0) is 4.74 Å². The number of methoxy groups -OCH3 is 1. The summed E-state index contributed by atoms with van der Waals surface area (Å²) in [5.74, 6) is 4.08. The van der Waals surface area contributed by atoms with Crippen LogP contribution in [0.25, 0.3) is 0 Å². The van der Waals surface area contributed by atoms with Crippen molar-refractivity contribution < 1.29 is 4.74 Å². The van der Waals surface area contributed by atoms with Crippen LogP contribution in [0.5, 0.6) is 0 Å². The van der Waals surface area contributed by atoms with Crippen molar-refractivity contribution in [1.29, 1.82) is 0 Å². The van der Waals surface area contributed by atoms with Crippen molar-refractivity contribution in [3.05, 3.63) is 11.8 Å². The average Bonchev–Trinajstić information content (AvgIpc) is 2.74. The minimum absolute atomic E-state index is 0.929. The molecule has 0 heterocycles. The van der Waals surface area contributed by atoms with E-state index in [-0.39, 0.29) is 0 Å². The third kappa shape index (κ3) is 0.992. The number of fused-ring (bicyclic) bond motifs is 5. The molecule has 3 aliphatic rings. The van der Waals surface area contributed by atoms with Gasteiger partial charge < -0.3 is 4.74 Å². The summed E-state index contributed by atoms with van der Waals surface area (Å²) in [4.78, 5) is 0. The smallest absolute Gasteiger partial charge is 0.0819 e. The van der Waals surface area contributed by atoms with Crippen molar-refractivity contribution in [3.8, 4) is 0 Å². The number of rotatable bonds is 1. The minimum Gasteiger partial charge on any atom is -0.504 e. The van der Waals surface area contributed by atoms with E-state index in [0.717, 1.165) is 23.7 Å². The lowest BCUT2D eigenvalue weighted by Gasteiger charge is -2.24. The van der Waals surface area contributed by atoms with E-state index >= 15 is 0 Å². The fourth-order valence-electron chi connectivity index (χ4n) is 4.19.